The Bertz CT molecular complexity index is 142. The summed E-state index contributed by atoms with van der Waals surface area (Å²) in [5, 5.41) is 3.54. The lowest BCUT2D eigenvalue weighted by atomic mass is 9.65. The predicted molar refractivity (Wildman–Crippen MR) is 58.8 cm³/mol. The molecule has 4 atom stereocenters. The zero-order valence-electron chi connectivity index (χ0n) is 9.64. The minimum atomic E-state index is 0.698. The van der Waals surface area contributed by atoms with Crippen LogP contribution in [-0.4, -0.2) is 12.6 Å². The predicted octanol–water partition coefficient (Wildman–Crippen LogP) is 3.06. The molecule has 1 saturated carbocycles. The molecule has 78 valence electrons. The van der Waals surface area contributed by atoms with Crippen LogP contribution in [0.5, 0.6) is 0 Å². The van der Waals surface area contributed by atoms with Gasteiger partial charge in [0.15, 0.2) is 0 Å². The van der Waals surface area contributed by atoms with Crippen molar-refractivity contribution in [1.29, 1.82) is 0 Å². The Morgan fingerprint density at radius 2 is 1.92 bits per heavy atom. The molecule has 1 nitrogen and oxygen atoms in total. The van der Waals surface area contributed by atoms with Gasteiger partial charge in [0.1, 0.15) is 0 Å². The Kier molecular flexibility index (Phi) is 4.24. The van der Waals surface area contributed by atoms with Crippen molar-refractivity contribution in [2.45, 2.75) is 53.0 Å². The molecule has 1 rings (SSSR count). The number of hydrogen-bond acceptors (Lipinski definition) is 1. The molecule has 0 aromatic rings. The van der Waals surface area contributed by atoms with Gasteiger partial charge in [0.25, 0.3) is 0 Å². The summed E-state index contributed by atoms with van der Waals surface area (Å²) in [5.41, 5.74) is 0. The molecular weight excluding hydrogens is 158 g/mol. The molecule has 1 fully saturated rings. The third kappa shape index (κ3) is 2.46. The Morgan fingerprint density at radius 1 is 1.23 bits per heavy atom. The Hall–Kier alpha value is -0.0400. The first-order valence-corrected chi connectivity index (χ1v) is 5.94. The molecule has 0 spiro atoms. The van der Waals surface area contributed by atoms with Crippen LogP contribution < -0.4 is 5.32 Å². The molecule has 13 heavy (non-hydrogen) atoms. The van der Waals surface area contributed by atoms with E-state index in [-0.39, 0.29) is 0 Å². The summed E-state index contributed by atoms with van der Waals surface area (Å²) >= 11 is 0. The maximum absolute atomic E-state index is 3.54. The van der Waals surface area contributed by atoms with E-state index in [1.165, 1.54) is 19.3 Å². The fourth-order valence-corrected chi connectivity index (χ4v) is 2.67. The Labute approximate surface area is 83.3 Å². The van der Waals surface area contributed by atoms with Crippen LogP contribution in [0.1, 0.15) is 47.0 Å². The van der Waals surface area contributed by atoms with Gasteiger partial charge in [-0.15, -0.1) is 0 Å². The van der Waals surface area contributed by atoms with E-state index in [1.54, 1.807) is 0 Å². The number of nitrogens with one attached hydrogen (secondary N) is 1. The monoisotopic (exact) mass is 183 g/mol. The molecule has 0 aromatic carbocycles. The summed E-state index contributed by atoms with van der Waals surface area (Å²) in [6.45, 7) is 10.4. The molecule has 1 aliphatic carbocycles. The number of rotatable bonds is 5. The topological polar surface area (TPSA) is 12.0 Å². The van der Waals surface area contributed by atoms with Crippen LogP contribution in [-0.2, 0) is 0 Å². The molecule has 1 heteroatoms. The molecule has 4 unspecified atom stereocenters. The van der Waals surface area contributed by atoms with Gasteiger partial charge in [0.05, 0.1) is 0 Å². The van der Waals surface area contributed by atoms with Gasteiger partial charge >= 0.3 is 0 Å². The standard InChI is InChI=1S/C12H25N/c1-5-11-7-8-12(11)9(3)10(4)13-6-2/h9-13H,5-8H2,1-4H3. The van der Waals surface area contributed by atoms with Crippen molar-refractivity contribution in [2.24, 2.45) is 17.8 Å². The zero-order chi connectivity index (χ0) is 9.84. The van der Waals surface area contributed by atoms with Crippen LogP contribution in [0.15, 0.2) is 0 Å². The summed E-state index contributed by atoms with van der Waals surface area (Å²) in [6, 6.07) is 0.698. The van der Waals surface area contributed by atoms with Gasteiger partial charge in [0, 0.05) is 6.04 Å². The highest BCUT2D eigenvalue weighted by Crippen LogP contribution is 2.42. The van der Waals surface area contributed by atoms with Crippen molar-refractivity contribution in [3.05, 3.63) is 0 Å². The van der Waals surface area contributed by atoms with Crippen molar-refractivity contribution >= 4 is 0 Å². The second-order valence-corrected chi connectivity index (χ2v) is 4.62. The van der Waals surface area contributed by atoms with E-state index in [0.29, 0.717) is 6.04 Å². The Balaban J connectivity index is 2.33. The second-order valence-electron chi connectivity index (χ2n) is 4.62. The minimum Gasteiger partial charge on any atom is -0.314 e. The molecule has 0 heterocycles. The zero-order valence-corrected chi connectivity index (χ0v) is 9.64. The third-order valence-electron chi connectivity index (χ3n) is 3.99. The first-order chi connectivity index (χ1) is 6.20. The number of hydrogen-bond donors (Lipinski definition) is 1. The van der Waals surface area contributed by atoms with Crippen LogP contribution in [0, 0.1) is 17.8 Å². The maximum atomic E-state index is 3.54. The van der Waals surface area contributed by atoms with Gasteiger partial charge < -0.3 is 5.32 Å². The van der Waals surface area contributed by atoms with Crippen LogP contribution in [0.25, 0.3) is 0 Å². The normalized spacial score (nSPS) is 32.3. The molecule has 0 aromatic heterocycles. The highest BCUT2D eigenvalue weighted by molar-refractivity contribution is 4.87. The average Bonchev–Trinajstić information content (AvgIpc) is 2.03. The van der Waals surface area contributed by atoms with Crippen molar-refractivity contribution in [2.75, 3.05) is 6.54 Å². The van der Waals surface area contributed by atoms with Gasteiger partial charge in [-0.05, 0) is 44.1 Å². The lowest BCUT2D eigenvalue weighted by Gasteiger charge is -2.42. The highest BCUT2D eigenvalue weighted by Gasteiger charge is 2.35. The SMILES string of the molecule is CCNC(C)C(C)C1CCC1CC. The minimum absolute atomic E-state index is 0.698. The van der Waals surface area contributed by atoms with Crippen molar-refractivity contribution in [3.8, 4) is 0 Å². The fourth-order valence-electron chi connectivity index (χ4n) is 2.67. The molecule has 0 saturated heterocycles. The maximum Gasteiger partial charge on any atom is 0.00669 e. The summed E-state index contributed by atoms with van der Waals surface area (Å²) in [6.07, 6.45) is 4.33. The van der Waals surface area contributed by atoms with Gasteiger partial charge in [-0.1, -0.05) is 27.2 Å². The molecule has 0 aliphatic heterocycles. The van der Waals surface area contributed by atoms with Gasteiger partial charge in [0.2, 0.25) is 0 Å². The van der Waals surface area contributed by atoms with E-state index in [9.17, 15) is 0 Å². The van der Waals surface area contributed by atoms with Crippen molar-refractivity contribution in [3.63, 3.8) is 0 Å². The van der Waals surface area contributed by atoms with Gasteiger partial charge in [-0.3, -0.25) is 0 Å². The van der Waals surface area contributed by atoms with E-state index in [1.807, 2.05) is 0 Å². The molecule has 0 radical (unpaired) electrons. The third-order valence-corrected chi connectivity index (χ3v) is 3.99. The van der Waals surface area contributed by atoms with E-state index in [4.69, 9.17) is 0 Å². The molecule has 0 bridgehead atoms. The largest absolute Gasteiger partial charge is 0.314 e. The lowest BCUT2D eigenvalue weighted by Crippen LogP contribution is -2.41. The summed E-state index contributed by atoms with van der Waals surface area (Å²) in [4.78, 5) is 0. The quantitative estimate of drug-likeness (QED) is 0.691. The van der Waals surface area contributed by atoms with Crippen LogP contribution in [0.3, 0.4) is 0 Å². The highest BCUT2D eigenvalue weighted by atomic mass is 14.9. The molecule has 1 N–H and O–H groups in total. The van der Waals surface area contributed by atoms with E-state index >= 15 is 0 Å². The average molecular weight is 183 g/mol. The molecule has 0 amide bonds. The van der Waals surface area contributed by atoms with Crippen molar-refractivity contribution < 1.29 is 0 Å². The lowest BCUT2D eigenvalue weighted by molar-refractivity contribution is 0.0897. The fraction of sp³-hybridized carbons (Fsp3) is 1.00. The van der Waals surface area contributed by atoms with Crippen LogP contribution in [0.4, 0.5) is 0 Å². The van der Waals surface area contributed by atoms with Gasteiger partial charge in [-0.2, -0.15) is 0 Å². The van der Waals surface area contributed by atoms with Crippen LogP contribution in [0.2, 0.25) is 0 Å². The van der Waals surface area contributed by atoms with Gasteiger partial charge in [-0.25, -0.2) is 0 Å². The van der Waals surface area contributed by atoms with E-state index in [0.717, 1.165) is 24.3 Å². The first kappa shape index (κ1) is 11.0. The molecule has 1 aliphatic rings. The first-order valence-electron chi connectivity index (χ1n) is 5.94. The Morgan fingerprint density at radius 3 is 2.31 bits per heavy atom. The van der Waals surface area contributed by atoms with Crippen LogP contribution >= 0.6 is 0 Å². The summed E-state index contributed by atoms with van der Waals surface area (Å²) in [7, 11) is 0. The van der Waals surface area contributed by atoms with Crippen molar-refractivity contribution in [1.82, 2.24) is 5.32 Å². The summed E-state index contributed by atoms with van der Waals surface area (Å²) < 4.78 is 0. The van der Waals surface area contributed by atoms with E-state index < -0.39 is 0 Å². The van der Waals surface area contributed by atoms with E-state index in [2.05, 4.69) is 33.0 Å². The summed E-state index contributed by atoms with van der Waals surface area (Å²) in [5.74, 6) is 2.88. The molecular formula is C12H25N. The smallest absolute Gasteiger partial charge is 0.00669 e. The second kappa shape index (κ2) is 4.99.